The standard InChI is InChI=1S/C20H24O13/c1-9(22)28-15-16(29-10(2)23)18(30-11(3)24)20(32-17(15)19(25)27-4)31-13-6-5-12(8-21)7-14(13)33-26/h5-7,15-18,20-21,26H,8H2,1-4H3/t15-,16-,17-,18+,20+/m0/s1. The molecule has 1 aliphatic rings. The largest absolute Gasteiger partial charge is 0.467 e. The molecule has 1 saturated heterocycles. The fourth-order valence-corrected chi connectivity index (χ4v) is 3.12. The van der Waals surface area contributed by atoms with E-state index in [1.54, 1.807) is 0 Å². The van der Waals surface area contributed by atoms with E-state index < -0.39 is 54.6 Å². The monoisotopic (exact) mass is 472 g/mol. The van der Waals surface area contributed by atoms with Gasteiger partial charge in [0.2, 0.25) is 18.1 Å². The lowest BCUT2D eigenvalue weighted by Gasteiger charge is -2.43. The minimum absolute atomic E-state index is 0.145. The highest BCUT2D eigenvalue weighted by Crippen LogP contribution is 2.35. The van der Waals surface area contributed by atoms with Gasteiger partial charge >= 0.3 is 23.9 Å². The van der Waals surface area contributed by atoms with Gasteiger partial charge in [0.15, 0.2) is 24.1 Å². The lowest BCUT2D eigenvalue weighted by molar-refractivity contribution is -0.283. The molecular formula is C20H24O13. The minimum Gasteiger partial charge on any atom is -0.467 e. The van der Waals surface area contributed by atoms with Crippen molar-refractivity contribution in [3.8, 4) is 11.5 Å². The van der Waals surface area contributed by atoms with Crippen molar-refractivity contribution in [2.45, 2.75) is 58.1 Å². The van der Waals surface area contributed by atoms with E-state index in [-0.39, 0.29) is 18.1 Å². The fourth-order valence-electron chi connectivity index (χ4n) is 3.12. The molecule has 13 nitrogen and oxygen atoms in total. The van der Waals surface area contributed by atoms with Crippen LogP contribution in [0.2, 0.25) is 0 Å². The second-order valence-electron chi connectivity index (χ2n) is 6.82. The molecule has 13 heteroatoms. The van der Waals surface area contributed by atoms with Crippen molar-refractivity contribution in [2.24, 2.45) is 0 Å². The second kappa shape index (κ2) is 11.4. The summed E-state index contributed by atoms with van der Waals surface area (Å²) in [5.74, 6) is -3.90. The summed E-state index contributed by atoms with van der Waals surface area (Å²) in [6, 6.07) is 3.99. The minimum atomic E-state index is -1.64. The van der Waals surface area contributed by atoms with E-state index in [2.05, 4.69) is 4.89 Å². The lowest BCUT2D eigenvalue weighted by Crippen LogP contribution is -2.64. The summed E-state index contributed by atoms with van der Waals surface area (Å²) in [5.41, 5.74) is 0.368. The lowest BCUT2D eigenvalue weighted by atomic mass is 9.97. The van der Waals surface area contributed by atoms with E-state index in [0.29, 0.717) is 5.56 Å². The van der Waals surface area contributed by atoms with Crippen LogP contribution < -0.4 is 9.62 Å². The van der Waals surface area contributed by atoms with Crippen LogP contribution in [0.5, 0.6) is 11.5 Å². The van der Waals surface area contributed by atoms with Crippen molar-refractivity contribution in [1.82, 2.24) is 0 Å². The van der Waals surface area contributed by atoms with Crippen LogP contribution in [0.25, 0.3) is 0 Å². The topological polar surface area (TPSA) is 173 Å². The zero-order chi connectivity index (χ0) is 24.7. The van der Waals surface area contributed by atoms with Gasteiger partial charge in [-0.05, 0) is 17.7 Å². The SMILES string of the molecule is COC(=O)[C@H]1O[C@@H](Oc2ccc(CO)cc2OO)[C@H](OC(C)=O)[C@@H](OC(C)=O)[C@@H]1OC(C)=O. The van der Waals surface area contributed by atoms with Gasteiger partial charge in [-0.15, -0.1) is 0 Å². The molecule has 1 fully saturated rings. The van der Waals surface area contributed by atoms with Crippen LogP contribution in [-0.4, -0.2) is 72.1 Å². The first-order chi connectivity index (χ1) is 15.6. The van der Waals surface area contributed by atoms with E-state index in [0.717, 1.165) is 27.9 Å². The Morgan fingerprint density at radius 3 is 2.00 bits per heavy atom. The molecule has 1 heterocycles. The number of benzene rings is 1. The fraction of sp³-hybridized carbons (Fsp3) is 0.500. The van der Waals surface area contributed by atoms with Crippen LogP contribution in [0.4, 0.5) is 0 Å². The Kier molecular flexibility index (Phi) is 8.96. The molecular weight excluding hydrogens is 448 g/mol. The van der Waals surface area contributed by atoms with Gasteiger partial charge in [0.25, 0.3) is 0 Å². The summed E-state index contributed by atoms with van der Waals surface area (Å²) in [6.45, 7) is 2.80. The number of aliphatic hydroxyl groups is 1. The number of esters is 4. The maximum atomic E-state index is 12.4. The van der Waals surface area contributed by atoms with Crippen LogP contribution in [-0.2, 0) is 49.5 Å². The summed E-state index contributed by atoms with van der Waals surface area (Å²) in [7, 11) is 1.05. The average molecular weight is 472 g/mol. The third-order valence-corrected chi connectivity index (χ3v) is 4.37. The first-order valence-corrected chi connectivity index (χ1v) is 9.58. The molecule has 0 amide bonds. The third kappa shape index (κ3) is 6.54. The smallest absolute Gasteiger partial charge is 0.339 e. The molecule has 0 spiro atoms. The van der Waals surface area contributed by atoms with Crippen molar-refractivity contribution >= 4 is 23.9 Å². The number of hydrogen-bond acceptors (Lipinski definition) is 13. The molecule has 2 N–H and O–H groups in total. The number of ether oxygens (including phenoxy) is 6. The molecule has 0 bridgehead atoms. The number of carbonyl (C=O) groups excluding carboxylic acids is 4. The third-order valence-electron chi connectivity index (χ3n) is 4.37. The molecule has 182 valence electrons. The van der Waals surface area contributed by atoms with Gasteiger partial charge < -0.3 is 38.4 Å². The summed E-state index contributed by atoms with van der Waals surface area (Å²) >= 11 is 0. The van der Waals surface area contributed by atoms with Crippen molar-refractivity contribution in [3.05, 3.63) is 23.8 Å². The Balaban J connectivity index is 2.54. The van der Waals surface area contributed by atoms with Crippen LogP contribution in [0, 0.1) is 0 Å². The number of methoxy groups -OCH3 is 1. The van der Waals surface area contributed by atoms with Crippen molar-refractivity contribution in [1.29, 1.82) is 0 Å². The molecule has 0 saturated carbocycles. The highest BCUT2D eigenvalue weighted by Gasteiger charge is 2.56. The van der Waals surface area contributed by atoms with E-state index in [1.165, 1.54) is 18.2 Å². The number of aliphatic hydroxyl groups excluding tert-OH is 1. The zero-order valence-corrected chi connectivity index (χ0v) is 18.2. The van der Waals surface area contributed by atoms with Crippen LogP contribution in [0.15, 0.2) is 18.2 Å². The maximum Gasteiger partial charge on any atom is 0.339 e. The Labute approximate surface area is 187 Å². The van der Waals surface area contributed by atoms with Gasteiger partial charge in [-0.3, -0.25) is 14.4 Å². The Hall–Kier alpha value is -3.42. The molecule has 0 aromatic heterocycles. The zero-order valence-electron chi connectivity index (χ0n) is 18.2. The van der Waals surface area contributed by atoms with Crippen molar-refractivity contribution in [2.75, 3.05) is 7.11 Å². The highest BCUT2D eigenvalue weighted by molar-refractivity contribution is 5.77. The number of carbonyl (C=O) groups is 4. The van der Waals surface area contributed by atoms with E-state index in [9.17, 15) is 29.5 Å². The summed E-state index contributed by atoms with van der Waals surface area (Å²) < 4.78 is 31.6. The molecule has 0 radical (unpaired) electrons. The van der Waals surface area contributed by atoms with Crippen LogP contribution in [0.3, 0.4) is 0 Å². The highest BCUT2D eigenvalue weighted by atomic mass is 17.1. The Morgan fingerprint density at radius 2 is 1.48 bits per heavy atom. The molecule has 5 atom stereocenters. The maximum absolute atomic E-state index is 12.4. The van der Waals surface area contributed by atoms with Gasteiger partial charge in [-0.2, -0.15) is 0 Å². The van der Waals surface area contributed by atoms with Gasteiger partial charge in [-0.1, -0.05) is 6.07 Å². The summed E-state index contributed by atoms with van der Waals surface area (Å²) in [6.07, 6.45) is -7.87. The van der Waals surface area contributed by atoms with Gasteiger partial charge in [0, 0.05) is 20.8 Å². The summed E-state index contributed by atoms with van der Waals surface area (Å²) in [4.78, 5) is 51.9. The predicted molar refractivity (Wildman–Crippen MR) is 104 cm³/mol. The number of hydrogen-bond donors (Lipinski definition) is 2. The number of rotatable bonds is 8. The first-order valence-electron chi connectivity index (χ1n) is 9.58. The predicted octanol–water partition coefficient (Wildman–Crippen LogP) is 0.103. The van der Waals surface area contributed by atoms with Gasteiger partial charge in [0.1, 0.15) is 0 Å². The van der Waals surface area contributed by atoms with E-state index in [4.69, 9.17) is 28.4 Å². The molecule has 1 aromatic carbocycles. The van der Waals surface area contributed by atoms with Crippen molar-refractivity contribution < 1.29 is 62.9 Å². The van der Waals surface area contributed by atoms with Gasteiger partial charge in [-0.25, -0.2) is 10.1 Å². The average Bonchev–Trinajstić information content (AvgIpc) is 2.76. The molecule has 1 aromatic rings. The quantitative estimate of drug-likeness (QED) is 0.226. The molecule has 1 aliphatic heterocycles. The van der Waals surface area contributed by atoms with E-state index in [1.807, 2.05) is 0 Å². The summed E-state index contributed by atoms with van der Waals surface area (Å²) in [5, 5.41) is 18.4. The molecule has 0 aliphatic carbocycles. The second-order valence-corrected chi connectivity index (χ2v) is 6.82. The van der Waals surface area contributed by atoms with Crippen molar-refractivity contribution in [3.63, 3.8) is 0 Å². The van der Waals surface area contributed by atoms with Gasteiger partial charge in [0.05, 0.1) is 13.7 Å². The Morgan fingerprint density at radius 1 is 0.909 bits per heavy atom. The van der Waals surface area contributed by atoms with Crippen LogP contribution >= 0.6 is 0 Å². The molecule has 33 heavy (non-hydrogen) atoms. The molecule has 0 unspecified atom stereocenters. The van der Waals surface area contributed by atoms with E-state index >= 15 is 0 Å². The first kappa shape index (κ1) is 25.8. The Bertz CT molecular complexity index is 883. The van der Waals surface area contributed by atoms with Crippen LogP contribution in [0.1, 0.15) is 26.3 Å². The molecule has 2 rings (SSSR count). The normalized spacial score (nSPS) is 24.2.